The van der Waals surface area contributed by atoms with Gasteiger partial charge in [0.2, 0.25) is 11.8 Å². The maximum atomic E-state index is 14.1. The zero-order valence-electron chi connectivity index (χ0n) is 17.6. The molecule has 1 atom stereocenters. The van der Waals surface area contributed by atoms with E-state index in [0.717, 1.165) is 0 Å². The van der Waals surface area contributed by atoms with Gasteiger partial charge in [-0.1, -0.05) is 54.4 Å². The highest BCUT2D eigenvalue weighted by Gasteiger charge is 2.31. The highest BCUT2D eigenvalue weighted by atomic mass is 35.5. The third-order valence-electron chi connectivity index (χ3n) is 4.57. The first kappa shape index (κ1) is 24.2. The highest BCUT2D eigenvalue weighted by Crippen LogP contribution is 2.27. The Morgan fingerprint density at radius 2 is 1.67 bits per heavy atom. The molecule has 0 aliphatic heterocycles. The molecule has 0 radical (unpaired) electrons. The Balaban J connectivity index is 2.41. The SMILES string of the molecule is CC[C@H](C(=O)NC(C)(C)C)N(Cc1c(Cl)cccc1Cl)C(=O)Cc1ccccc1F. The van der Waals surface area contributed by atoms with E-state index in [-0.39, 0.29) is 30.3 Å². The number of hydrogen-bond acceptors (Lipinski definition) is 2. The zero-order chi connectivity index (χ0) is 22.5. The van der Waals surface area contributed by atoms with Crippen molar-refractivity contribution >= 4 is 35.0 Å². The second-order valence-corrected chi connectivity index (χ2v) is 8.97. The molecule has 0 saturated heterocycles. The van der Waals surface area contributed by atoms with Crippen LogP contribution in [0.4, 0.5) is 4.39 Å². The maximum absolute atomic E-state index is 14.1. The minimum absolute atomic E-state index is 0.0435. The van der Waals surface area contributed by atoms with Crippen LogP contribution in [0.1, 0.15) is 45.2 Å². The van der Waals surface area contributed by atoms with E-state index in [9.17, 15) is 14.0 Å². The van der Waals surface area contributed by atoms with Crippen molar-refractivity contribution in [2.45, 2.75) is 58.7 Å². The van der Waals surface area contributed by atoms with E-state index in [1.165, 1.54) is 11.0 Å². The van der Waals surface area contributed by atoms with Crippen LogP contribution in [-0.4, -0.2) is 28.3 Å². The number of nitrogens with zero attached hydrogens (tertiary/aromatic N) is 1. The predicted octanol–water partition coefficient (Wildman–Crippen LogP) is 5.40. The molecule has 0 unspecified atom stereocenters. The number of halogens is 3. The van der Waals surface area contributed by atoms with Gasteiger partial charge in [-0.15, -0.1) is 0 Å². The van der Waals surface area contributed by atoms with Gasteiger partial charge in [0.25, 0.3) is 0 Å². The molecule has 2 amide bonds. The van der Waals surface area contributed by atoms with Gasteiger partial charge in [0, 0.05) is 27.7 Å². The summed E-state index contributed by atoms with van der Waals surface area (Å²) in [5.74, 6) is -1.13. The lowest BCUT2D eigenvalue weighted by molar-refractivity contribution is -0.141. The first-order valence-corrected chi connectivity index (χ1v) is 10.6. The number of rotatable bonds is 7. The smallest absolute Gasteiger partial charge is 0.243 e. The number of benzene rings is 2. The Labute approximate surface area is 187 Å². The highest BCUT2D eigenvalue weighted by molar-refractivity contribution is 6.36. The van der Waals surface area contributed by atoms with Gasteiger partial charge in [-0.25, -0.2) is 4.39 Å². The number of carbonyl (C=O) groups excluding carboxylic acids is 2. The summed E-state index contributed by atoms with van der Waals surface area (Å²) >= 11 is 12.6. The van der Waals surface area contributed by atoms with E-state index >= 15 is 0 Å². The molecule has 1 N–H and O–H groups in total. The average molecular weight is 453 g/mol. The Morgan fingerprint density at radius 3 is 2.20 bits per heavy atom. The molecule has 0 saturated carbocycles. The van der Waals surface area contributed by atoms with Crippen LogP contribution >= 0.6 is 23.2 Å². The fraction of sp³-hybridized carbons (Fsp3) is 0.391. The number of nitrogens with one attached hydrogen (secondary N) is 1. The van der Waals surface area contributed by atoms with Gasteiger partial charge in [-0.2, -0.15) is 0 Å². The summed E-state index contributed by atoms with van der Waals surface area (Å²) in [6.45, 7) is 7.47. The van der Waals surface area contributed by atoms with Crippen LogP contribution in [0, 0.1) is 5.82 Å². The first-order chi connectivity index (χ1) is 14.0. The molecule has 0 bridgehead atoms. The van der Waals surface area contributed by atoms with Gasteiger partial charge < -0.3 is 10.2 Å². The van der Waals surface area contributed by atoms with Crippen molar-refractivity contribution in [3.8, 4) is 0 Å². The molecule has 0 aliphatic rings. The Hall–Kier alpha value is -2.11. The van der Waals surface area contributed by atoms with E-state index in [1.54, 1.807) is 36.4 Å². The summed E-state index contributed by atoms with van der Waals surface area (Å²) in [7, 11) is 0. The van der Waals surface area contributed by atoms with Crippen molar-refractivity contribution in [2.75, 3.05) is 0 Å². The van der Waals surface area contributed by atoms with E-state index in [2.05, 4.69) is 5.32 Å². The summed E-state index contributed by atoms with van der Waals surface area (Å²) in [4.78, 5) is 27.7. The van der Waals surface area contributed by atoms with E-state index in [4.69, 9.17) is 23.2 Å². The zero-order valence-corrected chi connectivity index (χ0v) is 19.1. The number of hydrogen-bond donors (Lipinski definition) is 1. The number of amides is 2. The minimum atomic E-state index is -0.754. The standard InChI is InChI=1S/C23H27Cl2FN2O2/c1-5-20(22(30)27-23(2,3)4)28(14-16-17(24)10-8-11-18(16)25)21(29)13-15-9-6-7-12-19(15)26/h6-12,20H,5,13-14H2,1-4H3,(H,27,30)/t20-/m1/s1. The van der Waals surface area contributed by atoms with Crippen LogP contribution in [-0.2, 0) is 22.6 Å². The molecule has 0 aliphatic carbocycles. The van der Waals surface area contributed by atoms with Crippen LogP contribution in [0.5, 0.6) is 0 Å². The summed E-state index contributed by atoms with van der Waals surface area (Å²) < 4.78 is 14.1. The molecule has 162 valence electrons. The summed E-state index contributed by atoms with van der Waals surface area (Å²) in [5, 5.41) is 3.72. The van der Waals surface area contributed by atoms with Crippen molar-refractivity contribution < 1.29 is 14.0 Å². The Bertz CT molecular complexity index is 892. The van der Waals surface area contributed by atoms with Crippen molar-refractivity contribution in [3.63, 3.8) is 0 Å². The third kappa shape index (κ3) is 6.44. The lowest BCUT2D eigenvalue weighted by Gasteiger charge is -2.33. The van der Waals surface area contributed by atoms with Crippen molar-refractivity contribution in [2.24, 2.45) is 0 Å². The molecule has 30 heavy (non-hydrogen) atoms. The molecule has 0 fully saturated rings. The first-order valence-electron chi connectivity index (χ1n) is 9.81. The molecule has 0 spiro atoms. The summed E-state index contributed by atoms with van der Waals surface area (Å²) in [5.41, 5.74) is 0.348. The average Bonchev–Trinajstić information content (AvgIpc) is 2.64. The minimum Gasteiger partial charge on any atom is -0.350 e. The van der Waals surface area contributed by atoms with Crippen LogP contribution in [0.25, 0.3) is 0 Å². The normalized spacial score (nSPS) is 12.4. The molecule has 4 nitrogen and oxygen atoms in total. The molecule has 2 rings (SSSR count). The van der Waals surface area contributed by atoms with Crippen molar-refractivity contribution in [3.05, 3.63) is 69.5 Å². The largest absolute Gasteiger partial charge is 0.350 e. The van der Waals surface area contributed by atoms with Gasteiger partial charge in [0.1, 0.15) is 11.9 Å². The van der Waals surface area contributed by atoms with Gasteiger partial charge >= 0.3 is 0 Å². The topological polar surface area (TPSA) is 49.4 Å². The predicted molar refractivity (Wildman–Crippen MR) is 119 cm³/mol. The quantitative estimate of drug-likeness (QED) is 0.611. The Kier molecular flexibility index (Phi) is 8.27. The lowest BCUT2D eigenvalue weighted by atomic mass is 10.0. The molecular weight excluding hydrogens is 426 g/mol. The van der Waals surface area contributed by atoms with E-state index in [0.29, 0.717) is 22.0 Å². The van der Waals surface area contributed by atoms with Crippen molar-refractivity contribution in [1.82, 2.24) is 10.2 Å². The molecule has 0 aromatic heterocycles. The van der Waals surface area contributed by atoms with Gasteiger partial charge in [-0.3, -0.25) is 9.59 Å². The maximum Gasteiger partial charge on any atom is 0.243 e. The molecule has 2 aromatic carbocycles. The fourth-order valence-corrected chi connectivity index (χ4v) is 3.65. The van der Waals surface area contributed by atoms with E-state index in [1.807, 2.05) is 27.7 Å². The lowest BCUT2D eigenvalue weighted by Crippen LogP contribution is -2.53. The van der Waals surface area contributed by atoms with Crippen LogP contribution in [0.3, 0.4) is 0 Å². The van der Waals surface area contributed by atoms with Crippen LogP contribution in [0.15, 0.2) is 42.5 Å². The third-order valence-corrected chi connectivity index (χ3v) is 5.28. The van der Waals surface area contributed by atoms with Gasteiger partial charge in [0.05, 0.1) is 6.42 Å². The van der Waals surface area contributed by atoms with Crippen LogP contribution < -0.4 is 5.32 Å². The number of carbonyl (C=O) groups is 2. The monoisotopic (exact) mass is 452 g/mol. The van der Waals surface area contributed by atoms with Crippen molar-refractivity contribution in [1.29, 1.82) is 0 Å². The Morgan fingerprint density at radius 1 is 1.07 bits per heavy atom. The molecule has 0 heterocycles. The van der Waals surface area contributed by atoms with Crippen LogP contribution in [0.2, 0.25) is 10.0 Å². The van der Waals surface area contributed by atoms with Gasteiger partial charge in [0.15, 0.2) is 0 Å². The summed E-state index contributed by atoms with van der Waals surface area (Å²) in [6, 6.07) is 10.4. The molecule has 2 aromatic rings. The summed E-state index contributed by atoms with van der Waals surface area (Å²) in [6.07, 6.45) is 0.209. The van der Waals surface area contributed by atoms with Gasteiger partial charge in [-0.05, 0) is 51.0 Å². The fourth-order valence-electron chi connectivity index (χ4n) is 3.13. The second-order valence-electron chi connectivity index (χ2n) is 8.15. The van der Waals surface area contributed by atoms with E-state index < -0.39 is 17.4 Å². The molecule has 7 heteroatoms. The second kappa shape index (κ2) is 10.3. The molecular formula is C23H27Cl2FN2O2.